The fraction of sp³-hybridized carbons (Fsp3) is 0.750. The Morgan fingerprint density at radius 3 is 2.88 bits per heavy atom. The van der Waals surface area contributed by atoms with Crippen LogP contribution in [0.2, 0.25) is 0 Å². The van der Waals surface area contributed by atoms with E-state index in [1.54, 1.807) is 6.20 Å². The molecule has 1 heterocycles. The van der Waals surface area contributed by atoms with E-state index >= 15 is 0 Å². The average Bonchev–Trinajstić information content (AvgIpc) is 2.72. The number of hydrogen-bond donors (Lipinski definition) is 1. The zero-order chi connectivity index (χ0) is 11.6. The smallest absolute Gasteiger partial charge is 0.157 e. The van der Waals surface area contributed by atoms with Crippen molar-refractivity contribution in [3.8, 4) is 5.75 Å². The minimum Gasteiger partial charge on any atom is -0.490 e. The van der Waals surface area contributed by atoms with E-state index in [2.05, 4.69) is 12.0 Å². The number of rotatable bonds is 9. The highest BCUT2D eigenvalue weighted by Gasteiger charge is 1.98. The summed E-state index contributed by atoms with van der Waals surface area (Å²) in [5.41, 5.74) is 5.44. The minimum absolute atomic E-state index is 0.609. The summed E-state index contributed by atoms with van der Waals surface area (Å²) in [5.74, 6) is 0.851. The van der Waals surface area contributed by atoms with Gasteiger partial charge in [0.15, 0.2) is 5.75 Å². The fourth-order valence-corrected chi connectivity index (χ4v) is 1.57. The van der Waals surface area contributed by atoms with Gasteiger partial charge in [-0.25, -0.2) is 0 Å². The molecule has 0 fully saturated rings. The molecule has 0 spiro atoms. The number of unbranched alkanes of at least 4 members (excludes halogenated alkanes) is 4. The second-order valence-electron chi connectivity index (χ2n) is 3.99. The Labute approximate surface area is 97.8 Å². The second-order valence-corrected chi connectivity index (χ2v) is 3.99. The Morgan fingerprint density at radius 1 is 1.31 bits per heavy atom. The monoisotopic (exact) mass is 225 g/mol. The summed E-state index contributed by atoms with van der Waals surface area (Å²) < 4.78 is 7.40. The molecule has 0 saturated heterocycles. The van der Waals surface area contributed by atoms with Crippen LogP contribution in [0.5, 0.6) is 5.75 Å². The highest BCUT2D eigenvalue weighted by Crippen LogP contribution is 2.09. The third-order valence-electron chi connectivity index (χ3n) is 2.48. The number of hydrogen-bond acceptors (Lipinski definition) is 3. The number of nitrogens with two attached hydrogens (primary N) is 1. The molecule has 0 aliphatic carbocycles. The molecule has 0 atom stereocenters. The van der Waals surface area contributed by atoms with Gasteiger partial charge in [-0.3, -0.25) is 4.68 Å². The maximum Gasteiger partial charge on any atom is 0.157 e. The molecular formula is C12H23N3O. The van der Waals surface area contributed by atoms with E-state index in [1.165, 1.54) is 25.7 Å². The molecule has 2 N–H and O–H groups in total. The van der Waals surface area contributed by atoms with Gasteiger partial charge < -0.3 is 10.5 Å². The van der Waals surface area contributed by atoms with E-state index < -0.39 is 0 Å². The summed E-state index contributed by atoms with van der Waals surface area (Å²) in [5, 5.41) is 4.15. The lowest BCUT2D eigenvalue weighted by Gasteiger charge is -2.02. The third kappa shape index (κ3) is 5.16. The van der Waals surface area contributed by atoms with Crippen LogP contribution < -0.4 is 10.5 Å². The Bertz CT molecular complexity index is 273. The van der Waals surface area contributed by atoms with Crippen molar-refractivity contribution in [2.45, 2.75) is 45.6 Å². The summed E-state index contributed by atoms with van der Waals surface area (Å²) in [6.45, 7) is 4.37. The molecule has 1 aromatic heterocycles. The van der Waals surface area contributed by atoms with Crippen LogP contribution in [0.3, 0.4) is 0 Å². The number of ether oxygens (including phenoxy) is 1. The molecule has 0 unspecified atom stereocenters. The first-order valence-electron chi connectivity index (χ1n) is 6.22. The van der Waals surface area contributed by atoms with Crippen molar-refractivity contribution in [1.29, 1.82) is 0 Å². The van der Waals surface area contributed by atoms with Crippen molar-refractivity contribution in [1.82, 2.24) is 9.78 Å². The van der Waals surface area contributed by atoms with E-state index in [0.29, 0.717) is 6.54 Å². The maximum atomic E-state index is 5.59. The third-order valence-corrected chi connectivity index (χ3v) is 2.48. The average molecular weight is 225 g/mol. The zero-order valence-corrected chi connectivity index (χ0v) is 10.2. The molecule has 16 heavy (non-hydrogen) atoms. The lowest BCUT2D eigenvalue weighted by molar-refractivity contribution is 0.304. The lowest BCUT2D eigenvalue weighted by atomic mass is 10.2. The van der Waals surface area contributed by atoms with Crippen molar-refractivity contribution in [2.24, 2.45) is 5.73 Å². The van der Waals surface area contributed by atoms with Crippen molar-refractivity contribution in [2.75, 3.05) is 13.2 Å². The molecule has 4 nitrogen and oxygen atoms in total. The van der Waals surface area contributed by atoms with E-state index in [0.717, 1.165) is 25.3 Å². The molecule has 4 heteroatoms. The van der Waals surface area contributed by atoms with Gasteiger partial charge in [-0.1, -0.05) is 32.6 Å². The zero-order valence-electron chi connectivity index (χ0n) is 10.2. The van der Waals surface area contributed by atoms with Crippen LogP contribution in [0.25, 0.3) is 0 Å². The van der Waals surface area contributed by atoms with Crippen molar-refractivity contribution < 1.29 is 4.74 Å². The Morgan fingerprint density at radius 2 is 2.12 bits per heavy atom. The molecule has 0 aliphatic rings. The molecule has 0 bridgehead atoms. The molecule has 1 rings (SSSR count). The lowest BCUT2D eigenvalue weighted by Crippen LogP contribution is -2.09. The van der Waals surface area contributed by atoms with Gasteiger partial charge in [0.1, 0.15) is 0 Å². The SMILES string of the molecule is CCCCCCCOc1cnn(CCN)c1. The molecule has 0 saturated carbocycles. The van der Waals surface area contributed by atoms with E-state index in [-0.39, 0.29) is 0 Å². The van der Waals surface area contributed by atoms with Gasteiger partial charge in [0, 0.05) is 6.54 Å². The topological polar surface area (TPSA) is 53.1 Å². The Balaban J connectivity index is 2.07. The molecule has 92 valence electrons. The van der Waals surface area contributed by atoms with Crippen molar-refractivity contribution in [3.63, 3.8) is 0 Å². The highest BCUT2D eigenvalue weighted by molar-refractivity contribution is 5.11. The summed E-state index contributed by atoms with van der Waals surface area (Å²) in [4.78, 5) is 0. The quantitative estimate of drug-likeness (QED) is 0.655. The van der Waals surface area contributed by atoms with Gasteiger partial charge in [0.05, 0.1) is 25.5 Å². The summed E-state index contributed by atoms with van der Waals surface area (Å²) in [6, 6.07) is 0. The van der Waals surface area contributed by atoms with Gasteiger partial charge in [0.2, 0.25) is 0 Å². The molecular weight excluding hydrogens is 202 g/mol. The van der Waals surface area contributed by atoms with Crippen LogP contribution >= 0.6 is 0 Å². The van der Waals surface area contributed by atoms with Crippen molar-refractivity contribution in [3.05, 3.63) is 12.4 Å². The highest BCUT2D eigenvalue weighted by atomic mass is 16.5. The van der Waals surface area contributed by atoms with Crippen LogP contribution in [0.4, 0.5) is 0 Å². The first-order valence-corrected chi connectivity index (χ1v) is 6.22. The van der Waals surface area contributed by atoms with E-state index in [4.69, 9.17) is 10.5 Å². The number of aromatic nitrogens is 2. The summed E-state index contributed by atoms with van der Waals surface area (Å²) >= 11 is 0. The van der Waals surface area contributed by atoms with Gasteiger partial charge in [-0.05, 0) is 6.42 Å². The van der Waals surface area contributed by atoms with Gasteiger partial charge >= 0.3 is 0 Å². The Hall–Kier alpha value is -1.03. The fourth-order valence-electron chi connectivity index (χ4n) is 1.57. The first kappa shape index (κ1) is 13.0. The van der Waals surface area contributed by atoms with Gasteiger partial charge in [-0.2, -0.15) is 5.10 Å². The summed E-state index contributed by atoms with van der Waals surface area (Å²) in [7, 11) is 0. The van der Waals surface area contributed by atoms with Crippen LogP contribution in [0.1, 0.15) is 39.0 Å². The molecule has 0 aliphatic heterocycles. The first-order chi connectivity index (χ1) is 7.86. The molecule has 0 radical (unpaired) electrons. The second kappa shape index (κ2) is 8.16. The predicted octanol–water partition coefficient (Wildman–Crippen LogP) is 2.19. The van der Waals surface area contributed by atoms with Crippen LogP contribution in [0, 0.1) is 0 Å². The molecule has 1 aromatic rings. The van der Waals surface area contributed by atoms with Crippen molar-refractivity contribution >= 4 is 0 Å². The van der Waals surface area contributed by atoms with Crippen LogP contribution in [-0.4, -0.2) is 22.9 Å². The van der Waals surface area contributed by atoms with Gasteiger partial charge in [0.25, 0.3) is 0 Å². The van der Waals surface area contributed by atoms with E-state index in [9.17, 15) is 0 Å². The maximum absolute atomic E-state index is 5.59. The van der Waals surface area contributed by atoms with Gasteiger partial charge in [-0.15, -0.1) is 0 Å². The molecule has 0 amide bonds. The Kier molecular flexibility index (Phi) is 6.65. The molecule has 0 aromatic carbocycles. The van der Waals surface area contributed by atoms with Crippen LogP contribution in [0.15, 0.2) is 12.4 Å². The summed E-state index contributed by atoms with van der Waals surface area (Å²) in [6.07, 6.45) is 9.96. The van der Waals surface area contributed by atoms with E-state index in [1.807, 2.05) is 10.9 Å². The minimum atomic E-state index is 0.609. The predicted molar refractivity (Wildman–Crippen MR) is 65.5 cm³/mol. The van der Waals surface area contributed by atoms with Crippen LogP contribution in [-0.2, 0) is 6.54 Å². The number of nitrogens with zero attached hydrogens (tertiary/aromatic N) is 2. The largest absolute Gasteiger partial charge is 0.490 e. The standard InChI is InChI=1S/C12H23N3O/c1-2-3-4-5-6-9-16-12-10-14-15(11-12)8-7-13/h10-11H,2-9,13H2,1H3. The normalized spacial score (nSPS) is 10.6.